The lowest BCUT2D eigenvalue weighted by Gasteiger charge is -2.15. The van der Waals surface area contributed by atoms with Gasteiger partial charge in [-0.05, 0) is 30.7 Å². The topological polar surface area (TPSA) is 50.3 Å². The third-order valence-electron chi connectivity index (χ3n) is 3.05. The van der Waals surface area contributed by atoms with Gasteiger partial charge in [-0.25, -0.2) is 4.90 Å². The zero-order valence-corrected chi connectivity index (χ0v) is 9.75. The van der Waals surface area contributed by atoms with Crippen LogP contribution in [0.25, 0.3) is 0 Å². The van der Waals surface area contributed by atoms with E-state index in [1.807, 2.05) is 6.92 Å². The molecule has 0 atom stereocenters. The number of amides is 2. The predicted octanol–water partition coefficient (Wildman–Crippen LogP) is 2.19. The maximum atomic E-state index is 12.2. The Morgan fingerprint density at radius 3 is 2.17 bits per heavy atom. The van der Waals surface area contributed by atoms with Crippen LogP contribution in [0.5, 0.6) is 0 Å². The smallest absolute Gasteiger partial charge is 0.266 e. The lowest BCUT2D eigenvalue weighted by Crippen LogP contribution is -2.30. The summed E-state index contributed by atoms with van der Waals surface area (Å²) in [5.41, 5.74) is 2.29. The third kappa shape index (κ3) is 1.35. The highest BCUT2D eigenvalue weighted by Crippen LogP contribution is 2.29. The molecule has 0 saturated heterocycles. The second-order valence-corrected chi connectivity index (χ2v) is 4.15. The van der Waals surface area contributed by atoms with E-state index in [9.17, 15) is 9.59 Å². The molecule has 4 heteroatoms. The number of carbonyl (C=O) groups excluding carboxylic acids is 2. The molecule has 88 valence electrons. The second-order valence-electron chi connectivity index (χ2n) is 4.15. The van der Waals surface area contributed by atoms with Gasteiger partial charge in [0.25, 0.3) is 11.8 Å². The minimum Gasteiger partial charge on any atom is -0.268 e. The van der Waals surface area contributed by atoms with E-state index in [1.165, 1.54) is 11.1 Å². The molecule has 0 bridgehead atoms. The highest BCUT2D eigenvalue weighted by Gasteiger charge is 2.36. The fraction of sp³-hybridized carbons (Fsp3) is 0.0714. The summed E-state index contributed by atoms with van der Waals surface area (Å²) >= 11 is 0. The molecule has 1 aliphatic heterocycles. The van der Waals surface area contributed by atoms with Crippen molar-refractivity contribution < 1.29 is 9.59 Å². The Bertz CT molecular complexity index is 629. The molecule has 2 amide bonds. The summed E-state index contributed by atoms with van der Waals surface area (Å²) in [7, 11) is 0. The number of carbonyl (C=O) groups is 2. The largest absolute Gasteiger partial charge is 0.268 e. The van der Waals surface area contributed by atoms with Gasteiger partial charge in [-0.3, -0.25) is 14.6 Å². The SMILES string of the molecule is Cc1ccncc1N1C(=O)c2ccccc2C1=O. The molecule has 0 unspecified atom stereocenters. The molecule has 0 N–H and O–H groups in total. The molecule has 2 heterocycles. The quantitative estimate of drug-likeness (QED) is 0.715. The van der Waals surface area contributed by atoms with Gasteiger partial charge in [0.2, 0.25) is 0 Å². The van der Waals surface area contributed by atoms with Crippen LogP contribution < -0.4 is 4.90 Å². The van der Waals surface area contributed by atoms with Crippen molar-refractivity contribution in [2.45, 2.75) is 6.92 Å². The summed E-state index contributed by atoms with van der Waals surface area (Å²) in [6.45, 7) is 1.85. The number of hydrogen-bond donors (Lipinski definition) is 0. The molecule has 1 aliphatic rings. The molecular weight excluding hydrogens is 228 g/mol. The third-order valence-corrected chi connectivity index (χ3v) is 3.05. The number of anilines is 1. The van der Waals surface area contributed by atoms with Crippen LogP contribution in [0, 0.1) is 6.92 Å². The van der Waals surface area contributed by atoms with Crippen LogP contribution in [0.1, 0.15) is 26.3 Å². The molecule has 3 rings (SSSR count). The summed E-state index contributed by atoms with van der Waals surface area (Å²) in [5, 5.41) is 0. The Labute approximate surface area is 104 Å². The first kappa shape index (κ1) is 10.7. The van der Waals surface area contributed by atoms with Crippen molar-refractivity contribution in [3.8, 4) is 0 Å². The highest BCUT2D eigenvalue weighted by atomic mass is 16.2. The second kappa shape index (κ2) is 3.77. The average Bonchev–Trinajstić information content (AvgIpc) is 2.64. The first-order chi connectivity index (χ1) is 8.70. The van der Waals surface area contributed by atoms with Crippen LogP contribution in [-0.4, -0.2) is 16.8 Å². The lowest BCUT2D eigenvalue weighted by molar-refractivity contribution is 0.0926. The summed E-state index contributed by atoms with van der Waals surface area (Å²) in [5.74, 6) is -0.571. The van der Waals surface area contributed by atoms with Crippen molar-refractivity contribution in [1.82, 2.24) is 4.98 Å². The predicted molar refractivity (Wildman–Crippen MR) is 66.6 cm³/mol. The number of hydrogen-bond acceptors (Lipinski definition) is 3. The van der Waals surface area contributed by atoms with E-state index < -0.39 is 0 Å². The number of benzene rings is 1. The number of aryl methyl sites for hydroxylation is 1. The summed E-state index contributed by atoms with van der Waals surface area (Å²) in [6, 6.07) is 8.62. The average molecular weight is 238 g/mol. The summed E-state index contributed by atoms with van der Waals surface area (Å²) in [6.07, 6.45) is 3.17. The number of rotatable bonds is 1. The van der Waals surface area contributed by atoms with E-state index in [2.05, 4.69) is 4.98 Å². The Morgan fingerprint density at radius 2 is 1.61 bits per heavy atom. The first-order valence-electron chi connectivity index (χ1n) is 5.58. The summed E-state index contributed by atoms with van der Waals surface area (Å²) in [4.78, 5) is 29.6. The molecule has 2 aromatic rings. The van der Waals surface area contributed by atoms with Gasteiger partial charge in [-0.15, -0.1) is 0 Å². The molecule has 18 heavy (non-hydrogen) atoms. The van der Waals surface area contributed by atoms with Crippen molar-refractivity contribution in [3.63, 3.8) is 0 Å². The van der Waals surface area contributed by atoms with E-state index in [1.54, 1.807) is 36.5 Å². The van der Waals surface area contributed by atoms with Crippen LogP contribution in [-0.2, 0) is 0 Å². The van der Waals surface area contributed by atoms with Crippen LogP contribution >= 0.6 is 0 Å². The van der Waals surface area contributed by atoms with E-state index in [-0.39, 0.29) is 11.8 Å². The van der Waals surface area contributed by atoms with Crippen LogP contribution in [0.3, 0.4) is 0 Å². The molecule has 1 aromatic carbocycles. The van der Waals surface area contributed by atoms with Crippen molar-refractivity contribution in [3.05, 3.63) is 59.4 Å². The van der Waals surface area contributed by atoms with Gasteiger partial charge >= 0.3 is 0 Å². The normalized spacial score (nSPS) is 13.9. The van der Waals surface area contributed by atoms with E-state index in [0.717, 1.165) is 5.56 Å². The maximum Gasteiger partial charge on any atom is 0.266 e. The van der Waals surface area contributed by atoms with Gasteiger partial charge in [-0.1, -0.05) is 12.1 Å². The molecule has 0 saturated carbocycles. The molecule has 0 aliphatic carbocycles. The van der Waals surface area contributed by atoms with Gasteiger partial charge in [0.05, 0.1) is 23.0 Å². The monoisotopic (exact) mass is 238 g/mol. The molecule has 0 radical (unpaired) electrons. The molecule has 1 aromatic heterocycles. The van der Waals surface area contributed by atoms with Gasteiger partial charge in [0.15, 0.2) is 0 Å². The number of nitrogens with zero attached hydrogens (tertiary/aromatic N) is 2. The Kier molecular flexibility index (Phi) is 2.23. The van der Waals surface area contributed by atoms with Gasteiger partial charge in [0, 0.05) is 6.20 Å². The number of aromatic nitrogens is 1. The van der Waals surface area contributed by atoms with Crippen LogP contribution in [0.15, 0.2) is 42.7 Å². The van der Waals surface area contributed by atoms with Crippen LogP contribution in [0.2, 0.25) is 0 Å². The molecule has 4 nitrogen and oxygen atoms in total. The minimum atomic E-state index is -0.285. The Morgan fingerprint density at radius 1 is 1.00 bits per heavy atom. The van der Waals surface area contributed by atoms with Crippen molar-refractivity contribution in [1.29, 1.82) is 0 Å². The van der Waals surface area contributed by atoms with Gasteiger partial charge < -0.3 is 0 Å². The molecular formula is C14H10N2O2. The fourth-order valence-corrected chi connectivity index (χ4v) is 2.10. The standard InChI is InChI=1S/C14H10N2O2/c1-9-6-7-15-8-12(9)16-13(17)10-4-2-3-5-11(10)14(16)18/h2-8H,1H3. The van der Waals surface area contributed by atoms with E-state index >= 15 is 0 Å². The van der Waals surface area contributed by atoms with Crippen LogP contribution in [0.4, 0.5) is 5.69 Å². The zero-order chi connectivity index (χ0) is 12.7. The molecule has 0 fully saturated rings. The van der Waals surface area contributed by atoms with Gasteiger partial charge in [0.1, 0.15) is 0 Å². The number of imide groups is 1. The number of fused-ring (bicyclic) bond motifs is 1. The van der Waals surface area contributed by atoms with Crippen molar-refractivity contribution in [2.75, 3.05) is 4.90 Å². The van der Waals surface area contributed by atoms with Gasteiger partial charge in [-0.2, -0.15) is 0 Å². The van der Waals surface area contributed by atoms with Crippen molar-refractivity contribution >= 4 is 17.5 Å². The first-order valence-corrected chi connectivity index (χ1v) is 5.58. The summed E-state index contributed by atoms with van der Waals surface area (Å²) < 4.78 is 0. The highest BCUT2D eigenvalue weighted by molar-refractivity contribution is 6.34. The molecule has 0 spiro atoms. The Balaban J connectivity index is 2.16. The minimum absolute atomic E-state index is 0.285. The maximum absolute atomic E-state index is 12.2. The van der Waals surface area contributed by atoms with Crippen molar-refractivity contribution in [2.24, 2.45) is 0 Å². The number of pyridine rings is 1. The Hall–Kier alpha value is -2.49. The lowest BCUT2D eigenvalue weighted by atomic mass is 10.1. The fourth-order valence-electron chi connectivity index (χ4n) is 2.10. The zero-order valence-electron chi connectivity index (χ0n) is 9.75. The van der Waals surface area contributed by atoms with E-state index in [0.29, 0.717) is 16.8 Å². The van der Waals surface area contributed by atoms with E-state index in [4.69, 9.17) is 0 Å².